The third-order valence-corrected chi connectivity index (χ3v) is 4.36. The van der Waals surface area contributed by atoms with Gasteiger partial charge in [0.05, 0.1) is 16.6 Å². The number of aromatic nitrogens is 2. The van der Waals surface area contributed by atoms with E-state index in [0.29, 0.717) is 0 Å². The first-order valence-electron chi connectivity index (χ1n) is 7.76. The molecule has 23 heavy (non-hydrogen) atoms. The van der Waals surface area contributed by atoms with Gasteiger partial charge in [-0.25, -0.2) is 4.98 Å². The molecule has 2 heteroatoms. The van der Waals surface area contributed by atoms with Crippen molar-refractivity contribution in [3.05, 3.63) is 84.9 Å². The summed E-state index contributed by atoms with van der Waals surface area (Å²) in [6.07, 6.45) is 0. The van der Waals surface area contributed by atoms with Crippen LogP contribution >= 0.6 is 0 Å². The van der Waals surface area contributed by atoms with Gasteiger partial charge in [0.2, 0.25) is 0 Å². The SMILES string of the molecule is c1ccc(-c2cc3ccccc3n3c2nc2ccccc23)cc1. The van der Waals surface area contributed by atoms with E-state index < -0.39 is 0 Å². The van der Waals surface area contributed by atoms with Crippen LogP contribution in [0.2, 0.25) is 0 Å². The number of imidazole rings is 1. The van der Waals surface area contributed by atoms with Crippen LogP contribution in [0.3, 0.4) is 0 Å². The zero-order valence-corrected chi connectivity index (χ0v) is 12.5. The summed E-state index contributed by atoms with van der Waals surface area (Å²) in [5, 5.41) is 1.22. The van der Waals surface area contributed by atoms with Crippen molar-refractivity contribution in [3.8, 4) is 11.1 Å². The van der Waals surface area contributed by atoms with Crippen molar-refractivity contribution in [1.82, 2.24) is 9.38 Å². The van der Waals surface area contributed by atoms with Crippen LogP contribution < -0.4 is 0 Å². The van der Waals surface area contributed by atoms with Gasteiger partial charge in [-0.1, -0.05) is 60.7 Å². The van der Waals surface area contributed by atoms with E-state index in [4.69, 9.17) is 4.98 Å². The van der Waals surface area contributed by atoms with E-state index in [0.717, 1.165) is 16.7 Å². The van der Waals surface area contributed by atoms with Crippen LogP contribution in [0.1, 0.15) is 0 Å². The zero-order valence-electron chi connectivity index (χ0n) is 12.5. The molecule has 3 aromatic carbocycles. The van der Waals surface area contributed by atoms with Gasteiger partial charge in [0.25, 0.3) is 0 Å². The number of hydrogen-bond acceptors (Lipinski definition) is 1. The molecule has 0 unspecified atom stereocenters. The highest BCUT2D eigenvalue weighted by atomic mass is 15.0. The third-order valence-electron chi connectivity index (χ3n) is 4.36. The van der Waals surface area contributed by atoms with Gasteiger partial charge >= 0.3 is 0 Å². The van der Waals surface area contributed by atoms with E-state index in [1.54, 1.807) is 0 Å². The molecule has 0 amide bonds. The Morgan fingerprint density at radius 1 is 0.652 bits per heavy atom. The molecule has 0 saturated heterocycles. The summed E-state index contributed by atoms with van der Waals surface area (Å²) in [5.74, 6) is 0. The quantitative estimate of drug-likeness (QED) is 0.409. The summed E-state index contributed by atoms with van der Waals surface area (Å²) in [7, 11) is 0. The molecular weight excluding hydrogens is 280 g/mol. The average Bonchev–Trinajstić information content (AvgIpc) is 3.01. The molecule has 0 aliphatic heterocycles. The van der Waals surface area contributed by atoms with Crippen LogP contribution in [0.15, 0.2) is 84.9 Å². The molecular formula is C21H14N2. The number of hydrogen-bond donors (Lipinski definition) is 0. The van der Waals surface area contributed by atoms with Crippen LogP contribution in [0.5, 0.6) is 0 Å². The molecule has 0 aliphatic carbocycles. The second kappa shape index (κ2) is 4.68. The van der Waals surface area contributed by atoms with Gasteiger partial charge in [0.15, 0.2) is 0 Å². The van der Waals surface area contributed by atoms with Gasteiger partial charge in [-0.2, -0.15) is 0 Å². The predicted octanol–water partition coefficient (Wildman–Crippen LogP) is 5.31. The maximum Gasteiger partial charge on any atom is 0.146 e. The Bertz CT molecular complexity index is 1150. The lowest BCUT2D eigenvalue weighted by Crippen LogP contribution is -1.92. The fraction of sp³-hybridized carbons (Fsp3) is 0. The number of pyridine rings is 1. The van der Waals surface area contributed by atoms with Crippen molar-refractivity contribution >= 4 is 27.6 Å². The Kier molecular flexibility index (Phi) is 2.53. The number of nitrogens with zero attached hydrogens (tertiary/aromatic N) is 2. The van der Waals surface area contributed by atoms with Crippen LogP contribution in [-0.4, -0.2) is 9.38 Å². The van der Waals surface area contributed by atoms with E-state index in [1.807, 2.05) is 12.1 Å². The van der Waals surface area contributed by atoms with E-state index >= 15 is 0 Å². The summed E-state index contributed by atoms with van der Waals surface area (Å²) in [6.45, 7) is 0. The summed E-state index contributed by atoms with van der Waals surface area (Å²) in [4.78, 5) is 4.90. The van der Waals surface area contributed by atoms with Crippen molar-refractivity contribution in [2.75, 3.05) is 0 Å². The summed E-state index contributed by atoms with van der Waals surface area (Å²) < 4.78 is 2.27. The molecule has 0 fully saturated rings. The molecule has 2 heterocycles. The standard InChI is InChI=1S/C21H14N2/c1-2-8-15(9-3-1)17-14-16-10-4-6-12-19(16)23-20-13-7-5-11-18(20)22-21(17)23/h1-14H. The number of benzene rings is 3. The Balaban J connectivity index is 2.05. The predicted molar refractivity (Wildman–Crippen MR) is 95.6 cm³/mol. The lowest BCUT2D eigenvalue weighted by Gasteiger charge is -2.09. The van der Waals surface area contributed by atoms with E-state index in [-0.39, 0.29) is 0 Å². The number of para-hydroxylation sites is 3. The van der Waals surface area contributed by atoms with Crippen molar-refractivity contribution in [1.29, 1.82) is 0 Å². The van der Waals surface area contributed by atoms with E-state index in [9.17, 15) is 0 Å². The van der Waals surface area contributed by atoms with Crippen molar-refractivity contribution in [2.24, 2.45) is 0 Å². The maximum absolute atomic E-state index is 4.90. The second-order valence-electron chi connectivity index (χ2n) is 5.74. The van der Waals surface area contributed by atoms with Crippen LogP contribution in [0.25, 0.3) is 38.7 Å². The van der Waals surface area contributed by atoms with Crippen molar-refractivity contribution in [2.45, 2.75) is 0 Å². The fourth-order valence-electron chi connectivity index (χ4n) is 3.31. The van der Waals surface area contributed by atoms with E-state index in [1.165, 1.54) is 22.0 Å². The molecule has 5 rings (SSSR count). The van der Waals surface area contributed by atoms with Gasteiger partial charge in [-0.05, 0) is 35.2 Å². The first kappa shape index (κ1) is 12.4. The molecule has 0 radical (unpaired) electrons. The normalized spacial score (nSPS) is 11.5. The lowest BCUT2D eigenvalue weighted by atomic mass is 10.0. The number of fused-ring (bicyclic) bond motifs is 5. The third kappa shape index (κ3) is 1.78. The van der Waals surface area contributed by atoms with Crippen LogP contribution in [-0.2, 0) is 0 Å². The van der Waals surface area contributed by atoms with Crippen molar-refractivity contribution < 1.29 is 0 Å². The fourth-order valence-corrected chi connectivity index (χ4v) is 3.31. The smallest absolute Gasteiger partial charge is 0.146 e. The minimum absolute atomic E-state index is 1.01. The largest absolute Gasteiger partial charge is 0.292 e. The highest BCUT2D eigenvalue weighted by Gasteiger charge is 2.13. The van der Waals surface area contributed by atoms with Crippen LogP contribution in [0.4, 0.5) is 0 Å². The van der Waals surface area contributed by atoms with E-state index in [2.05, 4.69) is 77.2 Å². The summed E-state index contributed by atoms with van der Waals surface area (Å²) >= 11 is 0. The van der Waals surface area contributed by atoms with Crippen LogP contribution in [0, 0.1) is 0 Å². The molecule has 0 saturated carbocycles. The molecule has 0 atom stereocenters. The number of rotatable bonds is 1. The molecule has 2 nitrogen and oxygen atoms in total. The lowest BCUT2D eigenvalue weighted by molar-refractivity contribution is 1.30. The minimum atomic E-state index is 1.01. The first-order chi connectivity index (χ1) is 11.4. The maximum atomic E-state index is 4.90. The summed E-state index contributed by atoms with van der Waals surface area (Å²) in [6, 6.07) is 29.5. The first-order valence-corrected chi connectivity index (χ1v) is 7.76. The second-order valence-corrected chi connectivity index (χ2v) is 5.74. The van der Waals surface area contributed by atoms with Gasteiger partial charge in [0.1, 0.15) is 5.65 Å². The molecule has 2 aromatic heterocycles. The Hall–Kier alpha value is -3.13. The Morgan fingerprint density at radius 2 is 1.35 bits per heavy atom. The average molecular weight is 294 g/mol. The Morgan fingerprint density at radius 3 is 2.22 bits per heavy atom. The van der Waals surface area contributed by atoms with Gasteiger partial charge in [-0.3, -0.25) is 4.40 Å². The Labute approximate surface area is 133 Å². The van der Waals surface area contributed by atoms with Crippen molar-refractivity contribution in [3.63, 3.8) is 0 Å². The highest BCUT2D eigenvalue weighted by Crippen LogP contribution is 2.31. The zero-order chi connectivity index (χ0) is 15.2. The summed E-state index contributed by atoms with van der Waals surface area (Å²) in [5.41, 5.74) is 6.74. The molecule has 0 N–H and O–H groups in total. The monoisotopic (exact) mass is 294 g/mol. The van der Waals surface area contributed by atoms with Gasteiger partial charge in [-0.15, -0.1) is 0 Å². The molecule has 0 aliphatic rings. The molecule has 0 bridgehead atoms. The van der Waals surface area contributed by atoms with Gasteiger partial charge in [0, 0.05) is 5.56 Å². The van der Waals surface area contributed by atoms with Gasteiger partial charge < -0.3 is 0 Å². The highest BCUT2D eigenvalue weighted by molar-refractivity contribution is 5.97. The molecule has 0 spiro atoms. The minimum Gasteiger partial charge on any atom is -0.292 e. The topological polar surface area (TPSA) is 17.3 Å². The molecule has 5 aromatic rings. The molecule has 108 valence electrons.